The molecular weight excluding hydrogens is 254 g/mol. The van der Waals surface area contributed by atoms with Crippen molar-refractivity contribution in [2.24, 2.45) is 5.73 Å². The summed E-state index contributed by atoms with van der Waals surface area (Å²) >= 11 is 0. The molecule has 0 saturated carbocycles. The van der Waals surface area contributed by atoms with Crippen molar-refractivity contribution >= 4 is 15.6 Å². The van der Waals surface area contributed by atoms with E-state index in [1.807, 2.05) is 0 Å². The molecule has 6 heteroatoms. The van der Waals surface area contributed by atoms with Gasteiger partial charge in [-0.2, -0.15) is 0 Å². The van der Waals surface area contributed by atoms with Gasteiger partial charge in [-0.15, -0.1) is 0 Å². The summed E-state index contributed by atoms with van der Waals surface area (Å²) in [7, 11) is -3.30. The Hall–Kier alpha value is -1.24. The zero-order valence-electron chi connectivity index (χ0n) is 10.0. The standard InChI is InChI=1S/C12H15NO4S/c1-18(15,16)6-11(14)9-2-4-10(5-3-9)12(13)7-17-8-12/h2-5H,6-8,13H2,1H3. The van der Waals surface area contributed by atoms with Crippen LogP contribution in [-0.4, -0.2) is 39.4 Å². The van der Waals surface area contributed by atoms with Crippen LogP contribution in [0.15, 0.2) is 24.3 Å². The molecule has 1 aliphatic rings. The van der Waals surface area contributed by atoms with Crippen molar-refractivity contribution in [2.45, 2.75) is 5.54 Å². The molecule has 0 atom stereocenters. The van der Waals surface area contributed by atoms with Crippen molar-refractivity contribution in [1.82, 2.24) is 0 Å². The number of ketones is 1. The second-order valence-corrected chi connectivity index (χ2v) is 6.86. The van der Waals surface area contributed by atoms with E-state index in [1.54, 1.807) is 24.3 Å². The van der Waals surface area contributed by atoms with Crippen molar-refractivity contribution < 1.29 is 17.9 Å². The molecule has 0 spiro atoms. The number of Topliss-reactive ketones (excluding diaryl/α,β-unsaturated/α-hetero) is 1. The van der Waals surface area contributed by atoms with Crippen LogP contribution in [0.1, 0.15) is 15.9 Å². The maximum absolute atomic E-state index is 11.7. The normalized spacial score (nSPS) is 18.1. The lowest BCUT2D eigenvalue weighted by Gasteiger charge is -2.38. The first-order valence-electron chi connectivity index (χ1n) is 5.48. The van der Waals surface area contributed by atoms with Crippen LogP contribution in [0.3, 0.4) is 0 Å². The summed E-state index contributed by atoms with van der Waals surface area (Å²) in [5, 5.41) is 0. The highest BCUT2D eigenvalue weighted by atomic mass is 32.2. The first-order valence-corrected chi connectivity index (χ1v) is 7.54. The zero-order chi connectivity index (χ0) is 13.4. The minimum absolute atomic E-state index is 0.382. The molecule has 0 amide bonds. The van der Waals surface area contributed by atoms with Gasteiger partial charge >= 0.3 is 0 Å². The summed E-state index contributed by atoms with van der Waals surface area (Å²) < 4.78 is 27.1. The summed E-state index contributed by atoms with van der Waals surface area (Å²) in [5.74, 6) is -0.872. The molecule has 0 radical (unpaired) electrons. The first-order chi connectivity index (χ1) is 8.30. The monoisotopic (exact) mass is 269 g/mol. The Labute approximate surface area is 106 Å². The maximum atomic E-state index is 11.7. The number of sulfone groups is 1. The molecular formula is C12H15NO4S. The minimum atomic E-state index is -3.30. The molecule has 1 fully saturated rings. The van der Waals surface area contributed by atoms with E-state index in [0.717, 1.165) is 11.8 Å². The van der Waals surface area contributed by atoms with Crippen LogP contribution in [0.2, 0.25) is 0 Å². The van der Waals surface area contributed by atoms with Gasteiger partial charge in [0.2, 0.25) is 0 Å². The molecule has 0 bridgehead atoms. The third-order valence-electron chi connectivity index (χ3n) is 2.89. The predicted octanol–water partition coefficient (Wildman–Crippen LogP) is 0.0981. The number of benzene rings is 1. The van der Waals surface area contributed by atoms with Gasteiger partial charge in [0.25, 0.3) is 0 Å². The van der Waals surface area contributed by atoms with E-state index in [0.29, 0.717) is 18.8 Å². The van der Waals surface area contributed by atoms with E-state index >= 15 is 0 Å². The largest absolute Gasteiger partial charge is 0.377 e. The summed E-state index contributed by atoms with van der Waals surface area (Å²) in [6.07, 6.45) is 1.04. The Balaban J connectivity index is 2.15. The van der Waals surface area contributed by atoms with Gasteiger partial charge in [-0.3, -0.25) is 4.79 Å². The molecule has 1 saturated heterocycles. The third kappa shape index (κ3) is 2.77. The average Bonchev–Trinajstić information content (AvgIpc) is 2.24. The van der Waals surface area contributed by atoms with Crippen molar-refractivity contribution in [3.05, 3.63) is 35.4 Å². The molecule has 1 aromatic carbocycles. The van der Waals surface area contributed by atoms with Crippen molar-refractivity contribution in [3.63, 3.8) is 0 Å². The van der Waals surface area contributed by atoms with Gasteiger partial charge in [0.15, 0.2) is 15.6 Å². The molecule has 2 rings (SSSR count). The fourth-order valence-corrected chi connectivity index (χ4v) is 2.44. The molecule has 2 N–H and O–H groups in total. The number of ether oxygens (including phenoxy) is 1. The maximum Gasteiger partial charge on any atom is 0.177 e. The fraction of sp³-hybridized carbons (Fsp3) is 0.417. The zero-order valence-corrected chi connectivity index (χ0v) is 10.9. The Morgan fingerprint density at radius 2 is 1.89 bits per heavy atom. The van der Waals surface area contributed by atoms with E-state index in [4.69, 9.17) is 10.5 Å². The molecule has 5 nitrogen and oxygen atoms in total. The number of hydrogen-bond donors (Lipinski definition) is 1. The molecule has 1 aromatic rings. The lowest BCUT2D eigenvalue weighted by Crippen LogP contribution is -2.54. The molecule has 0 unspecified atom stereocenters. The van der Waals surface area contributed by atoms with Crippen LogP contribution >= 0.6 is 0 Å². The van der Waals surface area contributed by atoms with Gasteiger partial charge < -0.3 is 10.5 Å². The van der Waals surface area contributed by atoms with Crippen LogP contribution in [0.25, 0.3) is 0 Å². The Morgan fingerprint density at radius 3 is 2.28 bits per heavy atom. The lowest BCUT2D eigenvalue weighted by atomic mass is 9.88. The highest BCUT2D eigenvalue weighted by Crippen LogP contribution is 2.26. The van der Waals surface area contributed by atoms with Crippen LogP contribution < -0.4 is 5.73 Å². The quantitative estimate of drug-likeness (QED) is 0.783. The lowest BCUT2D eigenvalue weighted by molar-refractivity contribution is -0.0569. The smallest absolute Gasteiger partial charge is 0.177 e. The molecule has 1 aliphatic heterocycles. The number of carbonyl (C=O) groups is 1. The Kier molecular flexibility index (Phi) is 3.27. The highest BCUT2D eigenvalue weighted by molar-refractivity contribution is 7.91. The van der Waals surface area contributed by atoms with Crippen LogP contribution in [0, 0.1) is 0 Å². The Bertz CT molecular complexity index is 558. The second-order valence-electron chi connectivity index (χ2n) is 4.72. The summed E-state index contributed by atoms with van der Waals surface area (Å²) in [5.41, 5.74) is 6.85. The van der Waals surface area contributed by atoms with Gasteiger partial charge in [0.1, 0.15) is 5.75 Å². The second kappa shape index (κ2) is 4.46. The van der Waals surface area contributed by atoms with E-state index in [2.05, 4.69) is 0 Å². The van der Waals surface area contributed by atoms with E-state index in [1.165, 1.54) is 0 Å². The van der Waals surface area contributed by atoms with Gasteiger partial charge in [0, 0.05) is 11.8 Å². The molecule has 1 heterocycles. The molecule has 18 heavy (non-hydrogen) atoms. The van der Waals surface area contributed by atoms with Crippen LogP contribution in [0.5, 0.6) is 0 Å². The SMILES string of the molecule is CS(=O)(=O)CC(=O)c1ccc(C2(N)COC2)cc1. The van der Waals surface area contributed by atoms with E-state index < -0.39 is 26.9 Å². The van der Waals surface area contributed by atoms with Gasteiger partial charge in [-0.05, 0) is 5.56 Å². The minimum Gasteiger partial charge on any atom is -0.377 e. The summed E-state index contributed by atoms with van der Waals surface area (Å²) in [6, 6.07) is 6.71. The molecule has 0 aliphatic carbocycles. The predicted molar refractivity (Wildman–Crippen MR) is 67.2 cm³/mol. The van der Waals surface area contributed by atoms with Gasteiger partial charge in [0.05, 0.1) is 18.8 Å². The summed E-state index contributed by atoms with van der Waals surface area (Å²) in [4.78, 5) is 11.7. The topological polar surface area (TPSA) is 86.5 Å². The van der Waals surface area contributed by atoms with Crippen molar-refractivity contribution in [2.75, 3.05) is 25.2 Å². The fourth-order valence-electron chi connectivity index (χ4n) is 1.80. The molecule has 98 valence electrons. The summed E-state index contributed by atoms with van der Waals surface area (Å²) in [6.45, 7) is 0.924. The van der Waals surface area contributed by atoms with Gasteiger partial charge in [-0.1, -0.05) is 24.3 Å². The highest BCUT2D eigenvalue weighted by Gasteiger charge is 2.35. The number of carbonyl (C=O) groups excluding carboxylic acids is 1. The number of hydrogen-bond acceptors (Lipinski definition) is 5. The average molecular weight is 269 g/mol. The molecule has 0 aromatic heterocycles. The van der Waals surface area contributed by atoms with Crippen LogP contribution in [0.4, 0.5) is 0 Å². The van der Waals surface area contributed by atoms with Crippen molar-refractivity contribution in [1.29, 1.82) is 0 Å². The number of rotatable bonds is 4. The van der Waals surface area contributed by atoms with Crippen molar-refractivity contribution in [3.8, 4) is 0 Å². The van der Waals surface area contributed by atoms with Gasteiger partial charge in [-0.25, -0.2) is 8.42 Å². The number of nitrogens with two attached hydrogens (primary N) is 1. The third-order valence-corrected chi connectivity index (χ3v) is 3.68. The van der Waals surface area contributed by atoms with E-state index in [9.17, 15) is 13.2 Å². The Morgan fingerprint density at radius 1 is 1.33 bits per heavy atom. The first kappa shape index (κ1) is 13.2. The van der Waals surface area contributed by atoms with E-state index in [-0.39, 0.29) is 0 Å². The van der Waals surface area contributed by atoms with Crippen LogP contribution in [-0.2, 0) is 20.1 Å².